The first kappa shape index (κ1) is 22.2. The molecule has 13 heteroatoms. The number of hydrogen-bond acceptors (Lipinski definition) is 12. The van der Waals surface area contributed by atoms with Gasteiger partial charge in [0.1, 0.15) is 18.8 Å². The predicted octanol–water partition coefficient (Wildman–Crippen LogP) is -1.25. The molecule has 1 aliphatic rings. The van der Waals surface area contributed by atoms with Gasteiger partial charge in [0.2, 0.25) is 0 Å². The molecule has 0 unspecified atom stereocenters. The molecule has 1 aromatic heterocycles. The molecule has 0 aromatic carbocycles. The smallest absolute Gasteiger partial charge is 0.360 e. The van der Waals surface area contributed by atoms with Crippen LogP contribution in [0.4, 0.5) is 0 Å². The number of hydrogen-bond donors (Lipinski definition) is 1. The van der Waals surface area contributed by atoms with E-state index in [2.05, 4.69) is 15.0 Å². The predicted molar refractivity (Wildman–Crippen MR) is 89.0 cm³/mol. The van der Waals surface area contributed by atoms with Crippen molar-refractivity contribution in [1.82, 2.24) is 15.0 Å². The van der Waals surface area contributed by atoms with Gasteiger partial charge in [-0.05, 0) is 0 Å². The number of carbonyl (C=O) groups is 4. The van der Waals surface area contributed by atoms with E-state index >= 15 is 0 Å². The molecule has 1 aliphatic heterocycles. The van der Waals surface area contributed by atoms with Crippen LogP contribution in [0.5, 0.6) is 0 Å². The van der Waals surface area contributed by atoms with Gasteiger partial charge in [-0.15, -0.1) is 5.10 Å². The van der Waals surface area contributed by atoms with E-state index in [1.807, 2.05) is 0 Å². The Morgan fingerprint density at radius 3 is 2.28 bits per heavy atom. The number of carbonyl (C=O) groups excluding carboxylic acids is 4. The summed E-state index contributed by atoms with van der Waals surface area (Å²) in [5.74, 6) is -2.89. The van der Waals surface area contributed by atoms with Gasteiger partial charge in [0.25, 0.3) is 0 Å². The van der Waals surface area contributed by atoms with Gasteiger partial charge in [-0.3, -0.25) is 14.4 Å². The first-order valence-corrected chi connectivity index (χ1v) is 8.45. The third-order valence-corrected chi connectivity index (χ3v) is 3.85. The Morgan fingerprint density at radius 2 is 1.72 bits per heavy atom. The van der Waals surface area contributed by atoms with Gasteiger partial charge in [-0.25, -0.2) is 9.48 Å². The molecule has 2 rings (SSSR count). The van der Waals surface area contributed by atoms with E-state index < -0.39 is 54.5 Å². The second-order valence-corrected chi connectivity index (χ2v) is 6.08. The Kier molecular flexibility index (Phi) is 7.23. The summed E-state index contributed by atoms with van der Waals surface area (Å²) in [6, 6.07) is 0. The lowest BCUT2D eigenvalue weighted by molar-refractivity contribution is -0.266. The van der Waals surface area contributed by atoms with Crippen molar-refractivity contribution in [3.05, 3.63) is 11.9 Å². The summed E-state index contributed by atoms with van der Waals surface area (Å²) in [5, 5.41) is 18.0. The average Bonchev–Trinajstić information content (AvgIpc) is 3.12. The third kappa shape index (κ3) is 5.48. The molecule has 0 saturated carbocycles. The van der Waals surface area contributed by atoms with Gasteiger partial charge in [0.15, 0.2) is 24.1 Å². The summed E-state index contributed by atoms with van der Waals surface area (Å²) in [6.07, 6.45) is -5.49. The van der Waals surface area contributed by atoms with E-state index in [-0.39, 0.29) is 12.3 Å². The second-order valence-electron chi connectivity index (χ2n) is 6.08. The van der Waals surface area contributed by atoms with E-state index in [4.69, 9.17) is 18.9 Å². The summed E-state index contributed by atoms with van der Waals surface area (Å²) >= 11 is 0. The van der Waals surface area contributed by atoms with Crippen LogP contribution < -0.4 is 0 Å². The molecule has 0 bridgehead atoms. The molecule has 160 valence electrons. The van der Waals surface area contributed by atoms with E-state index in [1.165, 1.54) is 6.92 Å². The van der Waals surface area contributed by atoms with Crippen molar-refractivity contribution in [2.24, 2.45) is 0 Å². The molecule has 0 amide bonds. The van der Waals surface area contributed by atoms with Gasteiger partial charge in [-0.2, -0.15) is 0 Å². The highest BCUT2D eigenvalue weighted by atomic mass is 16.6. The fraction of sp³-hybridized carbons (Fsp3) is 0.625. The molecule has 1 saturated heterocycles. The molecular weight excluding hydrogens is 394 g/mol. The standard InChI is InChI=1S/C16H21N3O10/c1-7(20)26-6-11-13(27-8(2)21)14(28-9(3)22)12(23)15(29-11)19-5-10(17-18-19)16(24)25-4/h5,11-15,23H,6H2,1-4H3/t11-,12-,13-,14-,15+/m1/s1. The second kappa shape index (κ2) is 9.43. The fourth-order valence-electron chi connectivity index (χ4n) is 2.72. The first-order valence-electron chi connectivity index (χ1n) is 8.45. The number of methoxy groups -OCH3 is 1. The summed E-state index contributed by atoms with van der Waals surface area (Å²) in [5.41, 5.74) is -0.161. The monoisotopic (exact) mass is 415 g/mol. The summed E-state index contributed by atoms with van der Waals surface area (Å²) in [4.78, 5) is 45.8. The minimum absolute atomic E-state index is 0.161. The lowest BCUT2D eigenvalue weighted by atomic mass is 9.97. The van der Waals surface area contributed by atoms with Crippen LogP contribution in [0.25, 0.3) is 0 Å². The fourth-order valence-corrected chi connectivity index (χ4v) is 2.72. The van der Waals surface area contributed by atoms with Gasteiger partial charge in [0, 0.05) is 20.8 Å². The Bertz CT molecular complexity index is 779. The molecule has 1 fully saturated rings. The molecule has 0 aliphatic carbocycles. The van der Waals surface area contributed by atoms with Gasteiger partial charge in [-0.1, -0.05) is 5.21 Å². The maximum absolute atomic E-state index is 11.6. The van der Waals surface area contributed by atoms with Crippen molar-refractivity contribution in [3.63, 3.8) is 0 Å². The highest BCUT2D eigenvalue weighted by molar-refractivity contribution is 5.86. The highest BCUT2D eigenvalue weighted by Gasteiger charge is 2.50. The van der Waals surface area contributed by atoms with Gasteiger partial charge >= 0.3 is 23.9 Å². The van der Waals surface area contributed by atoms with Crippen LogP contribution in [-0.4, -0.2) is 82.1 Å². The van der Waals surface area contributed by atoms with Crippen LogP contribution in [0.3, 0.4) is 0 Å². The number of nitrogens with zero attached hydrogens (tertiary/aromatic N) is 3. The maximum atomic E-state index is 11.6. The minimum Gasteiger partial charge on any atom is -0.464 e. The number of ether oxygens (including phenoxy) is 5. The highest BCUT2D eigenvalue weighted by Crippen LogP contribution is 2.32. The average molecular weight is 415 g/mol. The van der Waals surface area contributed by atoms with Crippen LogP contribution in [0.2, 0.25) is 0 Å². The maximum Gasteiger partial charge on any atom is 0.360 e. The van der Waals surface area contributed by atoms with Crippen LogP contribution in [0.15, 0.2) is 6.20 Å². The number of rotatable bonds is 6. The minimum atomic E-state index is -1.57. The number of esters is 4. The van der Waals surface area contributed by atoms with Crippen LogP contribution >= 0.6 is 0 Å². The molecule has 0 radical (unpaired) electrons. The van der Waals surface area contributed by atoms with E-state index in [9.17, 15) is 24.3 Å². The Labute approximate surface area is 164 Å². The lowest BCUT2D eigenvalue weighted by Crippen LogP contribution is -2.59. The van der Waals surface area contributed by atoms with Gasteiger partial charge in [0.05, 0.1) is 13.3 Å². The summed E-state index contributed by atoms with van der Waals surface area (Å²) in [6.45, 7) is 3.02. The number of aliphatic hydroxyl groups excluding tert-OH is 1. The molecule has 5 atom stereocenters. The normalized spacial score (nSPS) is 26.3. The molecular formula is C16H21N3O10. The van der Waals surface area contributed by atoms with Crippen molar-refractivity contribution in [3.8, 4) is 0 Å². The quantitative estimate of drug-likeness (QED) is 0.434. The molecule has 29 heavy (non-hydrogen) atoms. The zero-order chi connectivity index (χ0) is 21.7. The van der Waals surface area contributed by atoms with Crippen molar-refractivity contribution < 1.29 is 48.0 Å². The SMILES string of the molecule is COC(=O)c1cn([C@H]2O[C@H](COC(C)=O)[C@@H](OC(C)=O)[C@H](OC(C)=O)[C@H]2O)nn1. The summed E-state index contributed by atoms with van der Waals surface area (Å²) < 4.78 is 26.5. The lowest BCUT2D eigenvalue weighted by Gasteiger charge is -2.42. The third-order valence-electron chi connectivity index (χ3n) is 3.85. The van der Waals surface area contributed by atoms with Crippen LogP contribution in [0.1, 0.15) is 37.5 Å². The molecule has 13 nitrogen and oxygen atoms in total. The Morgan fingerprint density at radius 1 is 1.10 bits per heavy atom. The van der Waals surface area contributed by atoms with Crippen molar-refractivity contribution in [2.75, 3.05) is 13.7 Å². The Hall–Kier alpha value is -3.06. The van der Waals surface area contributed by atoms with Crippen LogP contribution in [0, 0.1) is 0 Å². The van der Waals surface area contributed by atoms with E-state index in [0.717, 1.165) is 31.8 Å². The summed E-state index contributed by atoms with van der Waals surface area (Å²) in [7, 11) is 1.16. The number of aromatic nitrogens is 3. The Balaban J connectivity index is 2.38. The molecule has 2 heterocycles. The molecule has 1 N–H and O–H groups in total. The largest absolute Gasteiger partial charge is 0.464 e. The van der Waals surface area contributed by atoms with Crippen molar-refractivity contribution in [2.45, 2.75) is 51.4 Å². The van der Waals surface area contributed by atoms with Crippen molar-refractivity contribution in [1.29, 1.82) is 0 Å². The van der Waals surface area contributed by atoms with E-state index in [1.54, 1.807) is 0 Å². The van der Waals surface area contributed by atoms with Crippen LogP contribution in [-0.2, 0) is 38.1 Å². The zero-order valence-corrected chi connectivity index (χ0v) is 16.1. The number of aliphatic hydroxyl groups is 1. The van der Waals surface area contributed by atoms with E-state index in [0.29, 0.717) is 0 Å². The van der Waals surface area contributed by atoms with Crippen molar-refractivity contribution >= 4 is 23.9 Å². The zero-order valence-electron chi connectivity index (χ0n) is 16.1. The molecule has 1 aromatic rings. The topological polar surface area (TPSA) is 165 Å². The van der Waals surface area contributed by atoms with Gasteiger partial charge < -0.3 is 28.8 Å². The first-order chi connectivity index (χ1) is 13.6. The molecule has 0 spiro atoms.